The van der Waals surface area contributed by atoms with Gasteiger partial charge >= 0.3 is 0 Å². The molecule has 6 heteroatoms. The van der Waals surface area contributed by atoms with Crippen LogP contribution < -0.4 is 5.32 Å². The van der Waals surface area contributed by atoms with Crippen molar-refractivity contribution in [2.24, 2.45) is 5.41 Å². The lowest BCUT2D eigenvalue weighted by Crippen LogP contribution is -2.63. The molecule has 1 heterocycles. The van der Waals surface area contributed by atoms with Crippen LogP contribution in [0.4, 0.5) is 0 Å². The zero-order valence-electron chi connectivity index (χ0n) is 13.9. The summed E-state index contributed by atoms with van der Waals surface area (Å²) in [5.41, 5.74) is 0.324. The zero-order chi connectivity index (χ0) is 15.8. The highest BCUT2D eigenvalue weighted by atomic mass is 32.2. The molecule has 1 spiro atoms. The van der Waals surface area contributed by atoms with E-state index in [0.29, 0.717) is 24.1 Å². The van der Waals surface area contributed by atoms with Gasteiger partial charge in [0.15, 0.2) is 0 Å². The summed E-state index contributed by atoms with van der Waals surface area (Å²) in [5.74, 6) is 0. The van der Waals surface area contributed by atoms with E-state index >= 15 is 0 Å². The van der Waals surface area contributed by atoms with Gasteiger partial charge in [-0.3, -0.25) is 0 Å². The second-order valence-corrected chi connectivity index (χ2v) is 9.19. The standard InChI is InChI=1S/C16H30N2O3S/c1-3-21-15-11-14(16(15)8-4-5-9-16)17-12-13-7-6-10-18(13)22(2,19)20/h13-15,17H,3-12H2,1-2H3/t13-,14+,15-/m1/s1. The summed E-state index contributed by atoms with van der Waals surface area (Å²) in [5, 5.41) is 3.70. The molecule has 0 unspecified atom stereocenters. The quantitative estimate of drug-likeness (QED) is 0.806. The predicted octanol–water partition coefficient (Wildman–Crippen LogP) is 1.74. The van der Waals surface area contributed by atoms with Crippen LogP contribution in [0.2, 0.25) is 0 Å². The van der Waals surface area contributed by atoms with Gasteiger partial charge in [-0.25, -0.2) is 8.42 Å². The maximum atomic E-state index is 11.8. The van der Waals surface area contributed by atoms with Crippen molar-refractivity contribution in [3.05, 3.63) is 0 Å². The van der Waals surface area contributed by atoms with E-state index < -0.39 is 10.0 Å². The summed E-state index contributed by atoms with van der Waals surface area (Å²) in [6, 6.07) is 0.646. The molecule has 1 N–H and O–H groups in total. The fraction of sp³-hybridized carbons (Fsp3) is 1.00. The third-order valence-corrected chi connectivity index (χ3v) is 7.37. The molecule has 3 aliphatic rings. The van der Waals surface area contributed by atoms with Crippen LogP contribution in [0.3, 0.4) is 0 Å². The van der Waals surface area contributed by atoms with Crippen molar-refractivity contribution in [3.63, 3.8) is 0 Å². The molecule has 2 aliphatic carbocycles. The Morgan fingerprint density at radius 3 is 2.64 bits per heavy atom. The molecule has 22 heavy (non-hydrogen) atoms. The van der Waals surface area contributed by atoms with Crippen molar-refractivity contribution < 1.29 is 13.2 Å². The van der Waals surface area contributed by atoms with E-state index in [1.807, 2.05) is 0 Å². The highest BCUT2D eigenvalue weighted by molar-refractivity contribution is 7.88. The van der Waals surface area contributed by atoms with Gasteiger partial charge in [-0.05, 0) is 39.0 Å². The van der Waals surface area contributed by atoms with Crippen molar-refractivity contribution in [1.29, 1.82) is 0 Å². The molecule has 0 amide bonds. The summed E-state index contributed by atoms with van der Waals surface area (Å²) in [6.45, 7) is 4.34. The van der Waals surface area contributed by atoms with Crippen LogP contribution >= 0.6 is 0 Å². The van der Waals surface area contributed by atoms with Gasteiger partial charge in [0.2, 0.25) is 10.0 Å². The molecule has 0 aromatic rings. The maximum absolute atomic E-state index is 11.8. The average molecular weight is 330 g/mol. The number of nitrogens with zero attached hydrogens (tertiary/aromatic N) is 1. The fourth-order valence-corrected chi connectivity index (χ4v) is 6.08. The smallest absolute Gasteiger partial charge is 0.211 e. The van der Waals surface area contributed by atoms with Gasteiger partial charge in [-0.1, -0.05) is 12.8 Å². The molecule has 0 aromatic heterocycles. The van der Waals surface area contributed by atoms with Gasteiger partial charge < -0.3 is 10.1 Å². The summed E-state index contributed by atoms with van der Waals surface area (Å²) in [4.78, 5) is 0. The highest BCUT2D eigenvalue weighted by Gasteiger charge is 2.56. The number of nitrogens with one attached hydrogen (secondary N) is 1. The van der Waals surface area contributed by atoms with Crippen molar-refractivity contribution in [2.75, 3.05) is 26.0 Å². The number of hydrogen-bond donors (Lipinski definition) is 1. The Morgan fingerprint density at radius 2 is 2.00 bits per heavy atom. The molecule has 5 nitrogen and oxygen atoms in total. The van der Waals surface area contributed by atoms with Gasteiger partial charge in [0, 0.05) is 37.2 Å². The van der Waals surface area contributed by atoms with Crippen molar-refractivity contribution in [1.82, 2.24) is 9.62 Å². The third-order valence-electron chi connectivity index (χ3n) is 6.04. The molecule has 3 atom stereocenters. The number of rotatable bonds is 6. The second kappa shape index (κ2) is 6.38. The van der Waals surface area contributed by atoms with Gasteiger partial charge in [-0.2, -0.15) is 4.31 Å². The second-order valence-electron chi connectivity index (χ2n) is 7.25. The van der Waals surface area contributed by atoms with Crippen molar-refractivity contribution >= 4 is 10.0 Å². The first-order valence-electron chi connectivity index (χ1n) is 8.79. The normalized spacial score (nSPS) is 35.1. The summed E-state index contributed by atoms with van der Waals surface area (Å²) in [6.07, 6.45) is 9.92. The molecule has 2 saturated carbocycles. The SMILES string of the molecule is CCO[C@@H]1C[C@H](NC[C@H]2CCCN2S(C)(=O)=O)C12CCCC2. The Labute approximate surface area is 134 Å². The fourth-order valence-electron chi connectivity index (χ4n) is 4.90. The Balaban J connectivity index is 1.58. The largest absolute Gasteiger partial charge is 0.378 e. The minimum atomic E-state index is -3.07. The van der Waals surface area contributed by atoms with E-state index in [9.17, 15) is 8.42 Å². The molecule has 3 rings (SSSR count). The van der Waals surface area contributed by atoms with E-state index in [4.69, 9.17) is 4.74 Å². The lowest BCUT2D eigenvalue weighted by molar-refractivity contribution is -0.130. The summed E-state index contributed by atoms with van der Waals surface area (Å²) < 4.78 is 31.3. The summed E-state index contributed by atoms with van der Waals surface area (Å²) >= 11 is 0. The Kier molecular flexibility index (Phi) is 4.84. The van der Waals surface area contributed by atoms with E-state index in [2.05, 4.69) is 12.2 Å². The average Bonchev–Trinajstić information content (AvgIpc) is 3.10. The first-order chi connectivity index (χ1) is 10.5. The molecule has 0 bridgehead atoms. The van der Waals surface area contributed by atoms with Crippen LogP contribution in [0.1, 0.15) is 51.9 Å². The molecule has 3 fully saturated rings. The Hall–Kier alpha value is -0.170. The van der Waals surface area contributed by atoms with E-state index in [0.717, 1.165) is 32.4 Å². The minimum Gasteiger partial charge on any atom is -0.378 e. The van der Waals surface area contributed by atoms with E-state index in [1.165, 1.54) is 31.9 Å². The molecular formula is C16H30N2O3S. The van der Waals surface area contributed by atoms with E-state index in [1.54, 1.807) is 4.31 Å². The van der Waals surface area contributed by atoms with Crippen LogP contribution in [-0.2, 0) is 14.8 Å². The lowest BCUT2D eigenvalue weighted by Gasteiger charge is -2.54. The van der Waals surface area contributed by atoms with Crippen LogP contribution in [-0.4, -0.2) is 56.9 Å². The molecule has 1 saturated heterocycles. The van der Waals surface area contributed by atoms with Crippen molar-refractivity contribution in [2.45, 2.75) is 70.1 Å². The van der Waals surface area contributed by atoms with Crippen LogP contribution in [0.25, 0.3) is 0 Å². The summed E-state index contributed by atoms with van der Waals surface area (Å²) in [7, 11) is -3.07. The van der Waals surface area contributed by atoms with Gasteiger partial charge in [0.25, 0.3) is 0 Å². The van der Waals surface area contributed by atoms with Crippen LogP contribution in [0.15, 0.2) is 0 Å². The first kappa shape index (κ1) is 16.7. The van der Waals surface area contributed by atoms with Gasteiger partial charge in [-0.15, -0.1) is 0 Å². The van der Waals surface area contributed by atoms with Crippen molar-refractivity contribution in [3.8, 4) is 0 Å². The topological polar surface area (TPSA) is 58.6 Å². The monoisotopic (exact) mass is 330 g/mol. The first-order valence-corrected chi connectivity index (χ1v) is 10.6. The van der Waals surface area contributed by atoms with E-state index in [-0.39, 0.29) is 6.04 Å². The van der Waals surface area contributed by atoms with Crippen LogP contribution in [0, 0.1) is 5.41 Å². The third kappa shape index (κ3) is 2.95. The zero-order valence-corrected chi connectivity index (χ0v) is 14.7. The molecule has 0 radical (unpaired) electrons. The lowest BCUT2D eigenvalue weighted by atomic mass is 9.60. The molecule has 128 valence electrons. The number of sulfonamides is 1. The van der Waals surface area contributed by atoms with Gasteiger partial charge in [0.05, 0.1) is 12.4 Å². The maximum Gasteiger partial charge on any atom is 0.211 e. The Bertz CT molecular complexity index is 488. The number of ether oxygens (including phenoxy) is 1. The Morgan fingerprint density at radius 1 is 1.27 bits per heavy atom. The number of hydrogen-bond acceptors (Lipinski definition) is 4. The highest BCUT2D eigenvalue weighted by Crippen LogP contribution is 2.54. The molecule has 0 aromatic carbocycles. The minimum absolute atomic E-state index is 0.139. The molecular weight excluding hydrogens is 300 g/mol. The van der Waals surface area contributed by atoms with Gasteiger partial charge in [0.1, 0.15) is 0 Å². The molecule has 1 aliphatic heterocycles. The predicted molar refractivity (Wildman–Crippen MR) is 87.3 cm³/mol. The van der Waals surface area contributed by atoms with Crippen LogP contribution in [0.5, 0.6) is 0 Å².